The fraction of sp³-hybridized carbons (Fsp3) is 0.571. The minimum Gasteiger partial charge on any atom is -0.377 e. The molecule has 1 amide bonds. The Labute approximate surface area is 171 Å². The van der Waals surface area contributed by atoms with Crippen molar-refractivity contribution in [2.45, 2.75) is 39.0 Å². The molecule has 2 aromatic rings. The van der Waals surface area contributed by atoms with E-state index in [-0.39, 0.29) is 11.9 Å². The van der Waals surface area contributed by atoms with Gasteiger partial charge in [0.2, 0.25) is 11.8 Å². The zero-order chi connectivity index (χ0) is 20.2. The summed E-state index contributed by atoms with van der Waals surface area (Å²) in [5, 5.41) is 3.90. The van der Waals surface area contributed by atoms with Crippen LogP contribution >= 0.6 is 0 Å². The summed E-state index contributed by atoms with van der Waals surface area (Å²) in [6.45, 7) is 7.07. The maximum atomic E-state index is 13.1. The number of rotatable bonds is 6. The number of para-hydroxylation sites is 1. The summed E-state index contributed by atoms with van der Waals surface area (Å²) in [5.74, 6) is 1.38. The smallest absolute Gasteiger partial charge is 0.241 e. The van der Waals surface area contributed by atoms with Gasteiger partial charge in [-0.3, -0.25) is 14.6 Å². The number of ether oxygens (including phenoxy) is 1. The first kappa shape index (κ1) is 20.0. The molecule has 0 bridgehead atoms. The summed E-state index contributed by atoms with van der Waals surface area (Å²) in [4.78, 5) is 24.0. The van der Waals surface area contributed by atoms with Gasteiger partial charge in [-0.15, -0.1) is 0 Å². The normalized spacial score (nSPS) is 20.6. The maximum Gasteiger partial charge on any atom is 0.241 e. The lowest BCUT2D eigenvalue weighted by atomic mass is 9.96. The Bertz CT molecular complexity index is 831. The molecule has 1 unspecified atom stereocenters. The van der Waals surface area contributed by atoms with Crippen molar-refractivity contribution in [3.8, 4) is 0 Å². The zero-order valence-electron chi connectivity index (χ0n) is 17.2. The maximum absolute atomic E-state index is 13.1. The molecular formula is C21H29N5O3. The van der Waals surface area contributed by atoms with Crippen LogP contribution < -0.4 is 4.90 Å². The highest BCUT2D eigenvalue weighted by Gasteiger charge is 2.30. The molecule has 4 rings (SSSR count). The fourth-order valence-corrected chi connectivity index (χ4v) is 4.17. The Morgan fingerprint density at radius 2 is 1.97 bits per heavy atom. The molecule has 3 heterocycles. The van der Waals surface area contributed by atoms with Crippen LogP contribution in [0.2, 0.25) is 0 Å². The summed E-state index contributed by atoms with van der Waals surface area (Å²) < 4.78 is 10.3. The average molecular weight is 399 g/mol. The SMILES string of the molecule is COCc1noc(CN2CCN(CC(=O)N3c4ccccc4CCC3C)CC2)n1. The minimum atomic E-state index is 0.194. The van der Waals surface area contributed by atoms with E-state index < -0.39 is 0 Å². The zero-order valence-corrected chi connectivity index (χ0v) is 17.2. The number of fused-ring (bicyclic) bond motifs is 1. The van der Waals surface area contributed by atoms with Gasteiger partial charge in [0.15, 0.2) is 5.82 Å². The van der Waals surface area contributed by atoms with Crippen LogP contribution in [0.3, 0.4) is 0 Å². The van der Waals surface area contributed by atoms with Gasteiger partial charge >= 0.3 is 0 Å². The van der Waals surface area contributed by atoms with Crippen LogP contribution in [0.15, 0.2) is 28.8 Å². The molecule has 0 spiro atoms. The van der Waals surface area contributed by atoms with Crippen molar-refractivity contribution in [3.63, 3.8) is 0 Å². The molecule has 0 aliphatic carbocycles. The Balaban J connectivity index is 1.30. The van der Waals surface area contributed by atoms with Gasteiger partial charge in [0, 0.05) is 45.0 Å². The van der Waals surface area contributed by atoms with Crippen LogP contribution in [-0.2, 0) is 29.1 Å². The van der Waals surface area contributed by atoms with Gasteiger partial charge in [0.25, 0.3) is 0 Å². The molecule has 2 aliphatic rings. The first-order chi connectivity index (χ1) is 14.1. The number of carbonyl (C=O) groups excluding carboxylic acids is 1. The number of aromatic nitrogens is 2. The third-order valence-corrected chi connectivity index (χ3v) is 5.76. The van der Waals surface area contributed by atoms with Crippen molar-refractivity contribution >= 4 is 11.6 Å². The molecule has 0 N–H and O–H groups in total. The second kappa shape index (κ2) is 9.02. The Morgan fingerprint density at radius 3 is 2.76 bits per heavy atom. The number of amides is 1. The third-order valence-electron chi connectivity index (χ3n) is 5.76. The second-order valence-corrected chi connectivity index (χ2v) is 7.87. The topological polar surface area (TPSA) is 74.9 Å². The van der Waals surface area contributed by atoms with Crippen molar-refractivity contribution in [1.82, 2.24) is 19.9 Å². The molecule has 2 aliphatic heterocycles. The first-order valence-electron chi connectivity index (χ1n) is 10.3. The van der Waals surface area contributed by atoms with Crippen LogP contribution in [0.25, 0.3) is 0 Å². The molecule has 0 saturated carbocycles. The van der Waals surface area contributed by atoms with Gasteiger partial charge in [-0.05, 0) is 31.4 Å². The predicted octanol–water partition coefficient (Wildman–Crippen LogP) is 1.70. The lowest BCUT2D eigenvalue weighted by Crippen LogP contribution is -2.52. The molecule has 1 aromatic carbocycles. The fourth-order valence-electron chi connectivity index (χ4n) is 4.17. The van der Waals surface area contributed by atoms with Crippen LogP contribution in [0.5, 0.6) is 0 Å². The molecule has 1 aromatic heterocycles. The standard InChI is InChI=1S/C21H29N5O3/c1-16-7-8-17-5-3-4-6-18(17)26(16)21(27)14-25-11-9-24(10-12-25)13-20-22-19(15-28-2)23-29-20/h3-6,16H,7-15H2,1-2H3. The lowest BCUT2D eigenvalue weighted by molar-refractivity contribution is -0.120. The quantitative estimate of drug-likeness (QED) is 0.732. The first-order valence-corrected chi connectivity index (χ1v) is 10.3. The number of nitrogens with zero attached hydrogens (tertiary/aromatic N) is 5. The van der Waals surface area contributed by atoms with Gasteiger partial charge in [-0.1, -0.05) is 23.4 Å². The number of hydrogen-bond donors (Lipinski definition) is 0. The Kier molecular flexibility index (Phi) is 6.22. The monoisotopic (exact) mass is 399 g/mol. The average Bonchev–Trinajstić information content (AvgIpc) is 3.16. The van der Waals surface area contributed by atoms with E-state index in [1.807, 2.05) is 11.0 Å². The highest BCUT2D eigenvalue weighted by atomic mass is 16.5. The van der Waals surface area contributed by atoms with E-state index in [1.54, 1.807) is 7.11 Å². The molecule has 0 radical (unpaired) electrons. The van der Waals surface area contributed by atoms with Crippen molar-refractivity contribution in [3.05, 3.63) is 41.5 Å². The number of carbonyl (C=O) groups is 1. The summed E-state index contributed by atoms with van der Waals surface area (Å²) >= 11 is 0. The summed E-state index contributed by atoms with van der Waals surface area (Å²) in [6.07, 6.45) is 2.06. The molecule has 8 heteroatoms. The summed E-state index contributed by atoms with van der Waals surface area (Å²) in [5.41, 5.74) is 2.36. The molecule has 1 atom stereocenters. The van der Waals surface area contributed by atoms with E-state index in [4.69, 9.17) is 9.26 Å². The molecule has 29 heavy (non-hydrogen) atoms. The van der Waals surface area contributed by atoms with E-state index in [9.17, 15) is 4.79 Å². The third kappa shape index (κ3) is 4.66. The number of anilines is 1. The van der Waals surface area contributed by atoms with Gasteiger partial charge in [0.05, 0.1) is 13.1 Å². The Hall–Kier alpha value is -2.29. The lowest BCUT2D eigenvalue weighted by Gasteiger charge is -2.38. The van der Waals surface area contributed by atoms with E-state index in [2.05, 4.69) is 45.1 Å². The van der Waals surface area contributed by atoms with Gasteiger partial charge in [-0.25, -0.2) is 0 Å². The summed E-state index contributed by atoms with van der Waals surface area (Å²) in [7, 11) is 1.61. The number of piperazine rings is 1. The number of methoxy groups -OCH3 is 1. The Morgan fingerprint density at radius 1 is 1.21 bits per heavy atom. The van der Waals surface area contributed by atoms with Gasteiger partial charge in [-0.2, -0.15) is 4.98 Å². The van der Waals surface area contributed by atoms with Crippen LogP contribution in [-0.4, -0.2) is 71.7 Å². The van der Waals surface area contributed by atoms with Gasteiger partial charge in [0.1, 0.15) is 6.61 Å². The molecule has 1 fully saturated rings. The number of aryl methyl sites for hydroxylation is 1. The predicted molar refractivity (Wildman–Crippen MR) is 108 cm³/mol. The van der Waals surface area contributed by atoms with Gasteiger partial charge < -0.3 is 14.2 Å². The van der Waals surface area contributed by atoms with E-state index in [0.717, 1.165) is 44.7 Å². The molecular weight excluding hydrogens is 370 g/mol. The minimum absolute atomic E-state index is 0.194. The van der Waals surface area contributed by atoms with E-state index in [0.29, 0.717) is 31.4 Å². The number of benzene rings is 1. The summed E-state index contributed by atoms with van der Waals surface area (Å²) in [6, 6.07) is 8.53. The highest BCUT2D eigenvalue weighted by Crippen LogP contribution is 2.30. The van der Waals surface area contributed by atoms with Crippen molar-refractivity contribution in [2.24, 2.45) is 0 Å². The van der Waals surface area contributed by atoms with Crippen molar-refractivity contribution < 1.29 is 14.1 Å². The molecule has 156 valence electrons. The highest BCUT2D eigenvalue weighted by molar-refractivity contribution is 5.96. The van der Waals surface area contributed by atoms with E-state index in [1.165, 1.54) is 5.56 Å². The molecule has 1 saturated heterocycles. The largest absolute Gasteiger partial charge is 0.377 e. The van der Waals surface area contributed by atoms with Crippen LogP contribution in [0.4, 0.5) is 5.69 Å². The van der Waals surface area contributed by atoms with Crippen molar-refractivity contribution in [2.75, 3.05) is 44.7 Å². The number of hydrogen-bond acceptors (Lipinski definition) is 7. The van der Waals surface area contributed by atoms with E-state index >= 15 is 0 Å². The molecule has 8 nitrogen and oxygen atoms in total. The van der Waals surface area contributed by atoms with Crippen LogP contribution in [0.1, 0.15) is 30.6 Å². The second-order valence-electron chi connectivity index (χ2n) is 7.87. The van der Waals surface area contributed by atoms with Crippen LogP contribution in [0, 0.1) is 0 Å². The van der Waals surface area contributed by atoms with Crippen molar-refractivity contribution in [1.29, 1.82) is 0 Å².